The molecule has 0 unspecified atom stereocenters. The lowest BCUT2D eigenvalue weighted by molar-refractivity contribution is -0.699. The first kappa shape index (κ1) is 48.9. The predicted octanol–water partition coefficient (Wildman–Crippen LogP) is 6.69. The quantitative estimate of drug-likeness (QED) is 0.0573. The molecule has 0 fully saturated rings. The zero-order valence-electron chi connectivity index (χ0n) is 32.7. The predicted molar refractivity (Wildman–Crippen MR) is 205 cm³/mol. The molecule has 4 nitrogen and oxygen atoms in total. The molecule has 2 aromatic rings. The van der Waals surface area contributed by atoms with Crippen molar-refractivity contribution in [2.45, 2.75) is 207 Å². The molecule has 290 valence electrons. The molecule has 0 bridgehead atoms. The van der Waals surface area contributed by atoms with Crippen molar-refractivity contribution in [2.24, 2.45) is 0 Å². The standard InChI is InChI=1S/C44H78N2O2.2BrH/c1-3-5-7-9-11-13-15-17-19-21-25-29-39-47-43-33-31-37-45(41-43)35-27-23-24-28-36-46-38-32-34-44(42-46)48-40-30-26-22-20-18-16-14-12-10-8-6-4-2;;/h31-34,37-38,41-42H,3-30,35-36,39-40H2,1-2H3;2*1H/q+2;;/p-2. The molecule has 0 aliphatic heterocycles. The van der Waals surface area contributed by atoms with E-state index in [2.05, 4.69) is 72.0 Å². The Kier molecular flexibility index (Phi) is 36.8. The average molecular weight is 827 g/mol. The number of halogens is 2. The van der Waals surface area contributed by atoms with E-state index in [9.17, 15) is 0 Å². The Balaban J connectivity index is 0.0000120. The van der Waals surface area contributed by atoms with Crippen LogP contribution in [0.4, 0.5) is 0 Å². The summed E-state index contributed by atoms with van der Waals surface area (Å²) in [7, 11) is 0. The average Bonchev–Trinajstić information content (AvgIpc) is 3.11. The first-order valence-electron chi connectivity index (χ1n) is 21.1. The van der Waals surface area contributed by atoms with Gasteiger partial charge in [0, 0.05) is 25.0 Å². The number of ether oxygens (including phenoxy) is 2. The van der Waals surface area contributed by atoms with Crippen molar-refractivity contribution in [1.82, 2.24) is 0 Å². The van der Waals surface area contributed by atoms with E-state index in [0.717, 1.165) is 37.8 Å². The van der Waals surface area contributed by atoms with Crippen molar-refractivity contribution < 1.29 is 52.6 Å². The highest BCUT2D eigenvalue weighted by atomic mass is 79.9. The van der Waals surface area contributed by atoms with Crippen LogP contribution in [0, 0.1) is 0 Å². The first-order valence-corrected chi connectivity index (χ1v) is 21.1. The van der Waals surface area contributed by atoms with Crippen molar-refractivity contribution in [3.8, 4) is 11.5 Å². The van der Waals surface area contributed by atoms with Crippen LogP contribution >= 0.6 is 0 Å². The molecule has 2 rings (SSSR count). The van der Waals surface area contributed by atoms with Gasteiger partial charge in [-0.1, -0.05) is 155 Å². The fraction of sp³-hybridized carbons (Fsp3) is 0.773. The van der Waals surface area contributed by atoms with Gasteiger partial charge in [-0.15, -0.1) is 0 Å². The van der Waals surface area contributed by atoms with E-state index >= 15 is 0 Å². The van der Waals surface area contributed by atoms with Gasteiger partial charge >= 0.3 is 0 Å². The van der Waals surface area contributed by atoms with Gasteiger partial charge in [0.15, 0.2) is 23.9 Å². The van der Waals surface area contributed by atoms with Crippen LogP contribution in [-0.4, -0.2) is 13.2 Å². The van der Waals surface area contributed by atoms with Crippen LogP contribution < -0.4 is 52.6 Å². The third-order valence-electron chi connectivity index (χ3n) is 9.78. The number of aromatic nitrogens is 2. The highest BCUT2D eigenvalue weighted by Crippen LogP contribution is 2.15. The maximum Gasteiger partial charge on any atom is 0.211 e. The van der Waals surface area contributed by atoms with Crippen molar-refractivity contribution in [3.63, 3.8) is 0 Å². The first-order chi connectivity index (χ1) is 23.8. The lowest BCUT2D eigenvalue weighted by atomic mass is 10.1. The summed E-state index contributed by atoms with van der Waals surface area (Å²) in [5, 5.41) is 0. The number of nitrogens with zero attached hydrogens (tertiary/aromatic N) is 2. The summed E-state index contributed by atoms with van der Waals surface area (Å²) in [5.41, 5.74) is 0. The van der Waals surface area contributed by atoms with Crippen LogP contribution in [0.5, 0.6) is 11.5 Å². The van der Waals surface area contributed by atoms with Crippen molar-refractivity contribution in [2.75, 3.05) is 13.2 Å². The number of hydrogen-bond acceptors (Lipinski definition) is 2. The molecular weight excluding hydrogens is 748 g/mol. The van der Waals surface area contributed by atoms with Gasteiger partial charge in [0.2, 0.25) is 12.4 Å². The molecule has 2 heterocycles. The van der Waals surface area contributed by atoms with E-state index < -0.39 is 0 Å². The Morgan fingerprint density at radius 3 is 0.980 bits per heavy atom. The molecule has 0 N–H and O–H groups in total. The molecule has 0 spiro atoms. The van der Waals surface area contributed by atoms with Crippen molar-refractivity contribution in [3.05, 3.63) is 49.1 Å². The summed E-state index contributed by atoms with van der Waals surface area (Å²) in [4.78, 5) is 0. The number of pyridine rings is 2. The molecule has 50 heavy (non-hydrogen) atoms. The minimum Gasteiger partial charge on any atom is -1.00 e. The van der Waals surface area contributed by atoms with Gasteiger partial charge in [0.05, 0.1) is 13.2 Å². The van der Waals surface area contributed by atoms with Gasteiger partial charge in [-0.2, -0.15) is 0 Å². The van der Waals surface area contributed by atoms with E-state index in [1.807, 2.05) is 0 Å². The Morgan fingerprint density at radius 2 is 0.660 bits per heavy atom. The van der Waals surface area contributed by atoms with Gasteiger partial charge in [-0.05, 0) is 37.8 Å². The van der Waals surface area contributed by atoms with Crippen molar-refractivity contribution in [1.29, 1.82) is 0 Å². The van der Waals surface area contributed by atoms with Gasteiger partial charge in [-0.3, -0.25) is 0 Å². The smallest absolute Gasteiger partial charge is 0.211 e. The highest BCUT2D eigenvalue weighted by molar-refractivity contribution is 5.13. The number of hydrogen-bond donors (Lipinski definition) is 0. The third-order valence-corrected chi connectivity index (χ3v) is 9.78. The van der Waals surface area contributed by atoms with Crippen molar-refractivity contribution >= 4 is 0 Å². The molecule has 0 saturated heterocycles. The number of aryl methyl sites for hydroxylation is 2. The van der Waals surface area contributed by atoms with Gasteiger partial charge in [0.25, 0.3) is 0 Å². The zero-order valence-corrected chi connectivity index (χ0v) is 35.9. The van der Waals surface area contributed by atoms with E-state index in [0.29, 0.717) is 0 Å². The van der Waals surface area contributed by atoms with Gasteiger partial charge in [-0.25, -0.2) is 9.13 Å². The topological polar surface area (TPSA) is 26.2 Å². The molecule has 6 heteroatoms. The minimum atomic E-state index is 0. The summed E-state index contributed by atoms with van der Waals surface area (Å²) < 4.78 is 16.7. The second kappa shape index (κ2) is 37.6. The van der Waals surface area contributed by atoms with E-state index in [1.165, 1.54) is 180 Å². The summed E-state index contributed by atoms with van der Waals surface area (Å²) in [6.07, 6.45) is 46.7. The number of rotatable bonds is 35. The number of unbranched alkanes of at least 4 members (excludes halogenated alkanes) is 25. The molecule has 0 atom stereocenters. The molecule has 0 amide bonds. The van der Waals surface area contributed by atoms with Gasteiger partial charge in [0.1, 0.15) is 13.1 Å². The zero-order chi connectivity index (χ0) is 34.0. The van der Waals surface area contributed by atoms with Crippen LogP contribution in [0.3, 0.4) is 0 Å². The normalized spacial score (nSPS) is 10.8. The molecule has 0 radical (unpaired) electrons. The summed E-state index contributed by atoms with van der Waals surface area (Å²) in [6, 6.07) is 8.46. The molecule has 0 aromatic carbocycles. The maximum atomic E-state index is 6.08. The maximum absolute atomic E-state index is 6.08. The van der Waals surface area contributed by atoms with Crippen LogP contribution in [0.1, 0.15) is 194 Å². The van der Waals surface area contributed by atoms with Crippen LogP contribution in [0.2, 0.25) is 0 Å². The Hall–Kier alpha value is -1.14. The minimum absolute atomic E-state index is 0. The van der Waals surface area contributed by atoms with E-state index in [1.54, 1.807) is 0 Å². The highest BCUT2D eigenvalue weighted by Gasteiger charge is 2.06. The Labute approximate surface area is 331 Å². The second-order valence-corrected chi connectivity index (χ2v) is 14.4. The summed E-state index contributed by atoms with van der Waals surface area (Å²) in [6.45, 7) is 8.38. The molecule has 0 aliphatic rings. The third kappa shape index (κ3) is 29.4. The largest absolute Gasteiger partial charge is 1.00 e. The molecule has 0 aliphatic carbocycles. The van der Waals surface area contributed by atoms with Crippen LogP contribution in [0.15, 0.2) is 49.1 Å². The molecule has 0 saturated carbocycles. The Bertz CT molecular complexity index is 899. The molecule has 2 aromatic heterocycles. The lowest BCUT2D eigenvalue weighted by Gasteiger charge is -2.06. The fourth-order valence-electron chi connectivity index (χ4n) is 6.65. The fourth-order valence-corrected chi connectivity index (χ4v) is 6.65. The van der Waals surface area contributed by atoms with Crippen LogP contribution in [0.25, 0.3) is 0 Å². The second-order valence-electron chi connectivity index (χ2n) is 14.4. The lowest BCUT2D eigenvalue weighted by Crippen LogP contribution is -3.00. The van der Waals surface area contributed by atoms with Gasteiger partial charge < -0.3 is 43.4 Å². The van der Waals surface area contributed by atoms with Crippen LogP contribution in [-0.2, 0) is 13.1 Å². The molecular formula is C44H78Br2N2O2. The monoisotopic (exact) mass is 824 g/mol. The van der Waals surface area contributed by atoms with E-state index in [4.69, 9.17) is 9.47 Å². The SMILES string of the molecule is CCCCCCCCCCCCCCOc1ccc[n+](CCCCCC[n+]2cccc(OCCCCCCCCCCCCCC)c2)c1.[Br-].[Br-]. The van der Waals surface area contributed by atoms with E-state index in [-0.39, 0.29) is 34.0 Å². The Morgan fingerprint density at radius 1 is 0.380 bits per heavy atom. The summed E-state index contributed by atoms with van der Waals surface area (Å²) in [5.74, 6) is 2.02. The summed E-state index contributed by atoms with van der Waals surface area (Å²) >= 11 is 0.